The normalized spacial score (nSPS) is 12.3. The van der Waals surface area contributed by atoms with Crippen molar-refractivity contribution in [3.05, 3.63) is 75.3 Å². The summed E-state index contributed by atoms with van der Waals surface area (Å²) in [5, 5.41) is 14.6. The first kappa shape index (κ1) is 24.4. The molecule has 0 unspecified atom stereocenters. The molecule has 0 saturated heterocycles. The Kier molecular flexibility index (Phi) is 6.85. The maximum Gasteiger partial charge on any atom is 0.417 e. The van der Waals surface area contributed by atoms with E-state index < -0.39 is 11.7 Å². The number of nitrogens with one attached hydrogen (secondary N) is 1. The molecular weight excluding hydrogens is 458 g/mol. The summed E-state index contributed by atoms with van der Waals surface area (Å²) < 4.78 is 40.3. The molecule has 3 rings (SSSR count). The molecule has 0 fully saturated rings. The number of aromatic hydroxyl groups is 1. The minimum Gasteiger partial charge on any atom is -0.507 e. The molecule has 0 aliphatic heterocycles. The molecule has 2 nitrogen and oxygen atoms in total. The molecule has 0 spiro atoms. The summed E-state index contributed by atoms with van der Waals surface area (Å²) in [4.78, 5) is 0. The van der Waals surface area contributed by atoms with Gasteiger partial charge < -0.3 is 10.4 Å². The van der Waals surface area contributed by atoms with E-state index in [0.717, 1.165) is 11.6 Å². The summed E-state index contributed by atoms with van der Waals surface area (Å²) in [7, 11) is 0. The smallest absolute Gasteiger partial charge is 0.417 e. The van der Waals surface area contributed by atoms with E-state index in [9.17, 15) is 18.3 Å². The monoisotopic (exact) mass is 481 g/mol. The van der Waals surface area contributed by atoms with Crippen LogP contribution in [0.15, 0.2) is 48.5 Å². The summed E-state index contributed by atoms with van der Waals surface area (Å²) in [6.45, 7) is 8.16. The molecule has 7 heteroatoms. The number of phenolic OH excluding ortho intramolecular Hbond substituents is 1. The van der Waals surface area contributed by atoms with Gasteiger partial charge in [-0.2, -0.15) is 13.2 Å². The van der Waals surface area contributed by atoms with Gasteiger partial charge in [0.2, 0.25) is 0 Å². The number of aryl methyl sites for hydroxylation is 1. The van der Waals surface area contributed by atoms with Gasteiger partial charge in [-0.3, -0.25) is 0 Å². The topological polar surface area (TPSA) is 32.3 Å². The average Bonchev–Trinajstić information content (AvgIpc) is 2.68. The molecule has 0 aliphatic rings. The molecule has 0 aromatic heterocycles. The highest BCUT2D eigenvalue weighted by Crippen LogP contribution is 2.41. The van der Waals surface area contributed by atoms with Crippen molar-refractivity contribution in [2.24, 2.45) is 0 Å². The van der Waals surface area contributed by atoms with E-state index in [1.54, 1.807) is 30.3 Å². The van der Waals surface area contributed by atoms with Crippen molar-refractivity contribution in [1.82, 2.24) is 5.32 Å². The molecule has 0 bridgehead atoms. The van der Waals surface area contributed by atoms with Gasteiger partial charge in [0.25, 0.3) is 0 Å². The Balaban J connectivity index is 2.21. The van der Waals surface area contributed by atoms with Crippen LogP contribution in [0.4, 0.5) is 13.2 Å². The van der Waals surface area contributed by atoms with Gasteiger partial charge >= 0.3 is 6.18 Å². The minimum absolute atomic E-state index is 0.0669. The number of phenols is 1. The number of benzene rings is 3. The van der Waals surface area contributed by atoms with Gasteiger partial charge in [-0.1, -0.05) is 35.3 Å². The fourth-order valence-electron chi connectivity index (χ4n) is 3.31. The fourth-order valence-corrected chi connectivity index (χ4v) is 3.65. The second kappa shape index (κ2) is 8.97. The van der Waals surface area contributed by atoms with E-state index >= 15 is 0 Å². The van der Waals surface area contributed by atoms with Gasteiger partial charge in [0, 0.05) is 28.2 Å². The summed E-state index contributed by atoms with van der Waals surface area (Å²) in [5.74, 6) is 0.0669. The van der Waals surface area contributed by atoms with E-state index in [1.807, 2.05) is 33.8 Å². The Labute approximate surface area is 196 Å². The van der Waals surface area contributed by atoms with Crippen LogP contribution in [0, 0.1) is 6.92 Å². The molecular formula is C25H24Cl2F3NO. The summed E-state index contributed by atoms with van der Waals surface area (Å²) in [6.07, 6.45) is -4.57. The number of alkyl halides is 3. The van der Waals surface area contributed by atoms with E-state index in [-0.39, 0.29) is 16.3 Å². The minimum atomic E-state index is -4.57. The van der Waals surface area contributed by atoms with Crippen molar-refractivity contribution in [1.29, 1.82) is 0 Å². The van der Waals surface area contributed by atoms with Crippen molar-refractivity contribution in [2.45, 2.75) is 46.0 Å². The zero-order chi connectivity index (χ0) is 23.8. The number of rotatable bonds is 4. The molecule has 3 aromatic rings. The van der Waals surface area contributed by atoms with Gasteiger partial charge in [-0.05, 0) is 86.3 Å². The number of hydrogen-bond donors (Lipinski definition) is 2. The Morgan fingerprint density at radius 3 is 2.06 bits per heavy atom. The van der Waals surface area contributed by atoms with Crippen LogP contribution < -0.4 is 5.32 Å². The van der Waals surface area contributed by atoms with Crippen molar-refractivity contribution in [3.8, 4) is 28.0 Å². The second-order valence-electron chi connectivity index (χ2n) is 8.79. The largest absolute Gasteiger partial charge is 0.507 e. The van der Waals surface area contributed by atoms with E-state index in [2.05, 4.69) is 5.32 Å². The molecule has 170 valence electrons. The van der Waals surface area contributed by atoms with E-state index in [0.29, 0.717) is 39.4 Å². The lowest BCUT2D eigenvalue weighted by atomic mass is 9.93. The molecule has 0 saturated carbocycles. The Morgan fingerprint density at radius 2 is 1.47 bits per heavy atom. The van der Waals surface area contributed by atoms with Crippen LogP contribution in [-0.2, 0) is 12.7 Å². The number of halogens is 5. The van der Waals surface area contributed by atoms with Crippen LogP contribution in [0.5, 0.6) is 5.75 Å². The summed E-state index contributed by atoms with van der Waals surface area (Å²) in [5.41, 5.74) is 2.40. The molecule has 0 amide bonds. The Hall–Kier alpha value is -2.21. The molecule has 0 radical (unpaired) electrons. The van der Waals surface area contributed by atoms with Gasteiger partial charge in [-0.25, -0.2) is 0 Å². The summed E-state index contributed by atoms with van der Waals surface area (Å²) >= 11 is 12.0. The van der Waals surface area contributed by atoms with Crippen LogP contribution in [-0.4, -0.2) is 10.6 Å². The maximum atomic E-state index is 13.4. The first-order chi connectivity index (χ1) is 14.8. The zero-order valence-corrected chi connectivity index (χ0v) is 19.7. The van der Waals surface area contributed by atoms with Gasteiger partial charge in [0.15, 0.2) is 0 Å². The average molecular weight is 482 g/mol. The predicted octanol–water partition coefficient (Wildman–Crippen LogP) is 8.25. The van der Waals surface area contributed by atoms with Gasteiger partial charge in [0.1, 0.15) is 5.75 Å². The third-order valence-electron chi connectivity index (χ3n) is 5.07. The highest BCUT2D eigenvalue weighted by molar-refractivity contribution is 6.31. The third kappa shape index (κ3) is 5.58. The fraction of sp³-hybridized carbons (Fsp3) is 0.280. The zero-order valence-electron chi connectivity index (χ0n) is 18.2. The quantitative estimate of drug-likeness (QED) is 0.393. The molecule has 0 atom stereocenters. The lowest BCUT2D eigenvalue weighted by Gasteiger charge is -2.22. The maximum absolute atomic E-state index is 13.4. The van der Waals surface area contributed by atoms with E-state index in [1.165, 1.54) is 6.07 Å². The first-order valence-corrected chi connectivity index (χ1v) is 10.8. The lowest BCUT2D eigenvalue weighted by molar-refractivity contribution is -0.137. The van der Waals surface area contributed by atoms with Crippen molar-refractivity contribution < 1.29 is 18.3 Å². The van der Waals surface area contributed by atoms with Gasteiger partial charge in [0.05, 0.1) is 10.6 Å². The lowest BCUT2D eigenvalue weighted by Crippen LogP contribution is -2.35. The summed E-state index contributed by atoms with van der Waals surface area (Å²) in [6, 6.07) is 12.5. The van der Waals surface area contributed by atoms with Crippen LogP contribution in [0.25, 0.3) is 22.3 Å². The van der Waals surface area contributed by atoms with Crippen LogP contribution in [0.3, 0.4) is 0 Å². The Bertz CT molecular complexity index is 1150. The van der Waals surface area contributed by atoms with Crippen LogP contribution >= 0.6 is 23.2 Å². The SMILES string of the molecule is Cc1cc(-c2cc(-c3ccc(Cl)c(C(F)(F)F)c3)cc(CNC(C)(C)C)c2O)ccc1Cl. The highest BCUT2D eigenvalue weighted by atomic mass is 35.5. The standard InChI is InChI=1S/C25H24Cl2F3NO/c1-14-9-16(6-7-21(14)26)19-11-17(10-18(23(19)32)13-31-24(2,3)4)15-5-8-22(27)20(12-15)25(28,29)30/h5-12,31-32H,13H2,1-4H3. The van der Waals surface area contributed by atoms with E-state index in [4.69, 9.17) is 23.2 Å². The Morgan fingerprint density at radius 1 is 0.844 bits per heavy atom. The predicted molar refractivity (Wildman–Crippen MR) is 125 cm³/mol. The van der Waals surface area contributed by atoms with Crippen LogP contribution in [0.1, 0.15) is 37.5 Å². The number of hydrogen-bond acceptors (Lipinski definition) is 2. The highest BCUT2D eigenvalue weighted by Gasteiger charge is 2.33. The molecule has 0 aliphatic carbocycles. The van der Waals surface area contributed by atoms with Gasteiger partial charge in [-0.15, -0.1) is 0 Å². The van der Waals surface area contributed by atoms with Crippen molar-refractivity contribution >= 4 is 23.2 Å². The van der Waals surface area contributed by atoms with Crippen LogP contribution in [0.2, 0.25) is 10.0 Å². The van der Waals surface area contributed by atoms with Crippen molar-refractivity contribution in [3.63, 3.8) is 0 Å². The molecule has 32 heavy (non-hydrogen) atoms. The second-order valence-corrected chi connectivity index (χ2v) is 9.61. The third-order valence-corrected chi connectivity index (χ3v) is 5.83. The first-order valence-electron chi connectivity index (χ1n) is 10.0. The van der Waals surface area contributed by atoms with Crippen molar-refractivity contribution in [2.75, 3.05) is 0 Å². The molecule has 3 aromatic carbocycles. The molecule has 0 heterocycles. The molecule has 2 N–H and O–H groups in total.